The van der Waals surface area contributed by atoms with Crippen LogP contribution in [-0.4, -0.2) is 65.8 Å². The van der Waals surface area contributed by atoms with E-state index < -0.39 is 0 Å². The normalized spacial score (nSPS) is 19.0. The van der Waals surface area contributed by atoms with Gasteiger partial charge in [0.2, 0.25) is 11.8 Å². The lowest BCUT2D eigenvalue weighted by Gasteiger charge is -2.37. The number of carbonyl (C=O) groups excluding carboxylic acids is 2. The lowest BCUT2D eigenvalue weighted by Crippen LogP contribution is -2.45. The van der Waals surface area contributed by atoms with E-state index in [0.29, 0.717) is 32.6 Å². The van der Waals surface area contributed by atoms with E-state index in [-0.39, 0.29) is 17.9 Å². The molecule has 1 fully saturated rings. The minimum atomic E-state index is 0.121. The number of rotatable bonds is 5. The Labute approximate surface area is 209 Å². The second kappa shape index (κ2) is 10.4. The van der Waals surface area contributed by atoms with E-state index in [9.17, 15) is 9.59 Å². The molecule has 0 radical (unpaired) electrons. The van der Waals surface area contributed by atoms with Crippen molar-refractivity contribution in [2.45, 2.75) is 32.2 Å². The Morgan fingerprint density at radius 3 is 2.41 bits per heavy atom. The van der Waals surface area contributed by atoms with Crippen molar-refractivity contribution in [1.82, 2.24) is 14.7 Å². The highest BCUT2D eigenvalue weighted by Gasteiger charge is 2.33. The van der Waals surface area contributed by atoms with E-state index in [4.69, 9.17) is 0 Å². The summed E-state index contributed by atoms with van der Waals surface area (Å²) in [7, 11) is 0. The van der Waals surface area contributed by atoms with E-state index in [2.05, 4.69) is 47.5 Å². The smallest absolute Gasteiger partial charge is 0.236 e. The fourth-order valence-electron chi connectivity index (χ4n) is 5.16. The van der Waals surface area contributed by atoms with Crippen LogP contribution in [0.1, 0.15) is 38.9 Å². The molecular formula is C27H31N3O2S2. The van der Waals surface area contributed by atoms with Gasteiger partial charge >= 0.3 is 0 Å². The summed E-state index contributed by atoms with van der Waals surface area (Å²) in [5, 5.41) is 4.19. The predicted molar refractivity (Wildman–Crippen MR) is 138 cm³/mol. The minimum absolute atomic E-state index is 0.121. The molecule has 1 atom stereocenters. The molecule has 0 N–H and O–H groups in total. The van der Waals surface area contributed by atoms with E-state index in [0.717, 1.165) is 30.8 Å². The zero-order valence-electron chi connectivity index (χ0n) is 19.6. The van der Waals surface area contributed by atoms with Crippen LogP contribution in [0.5, 0.6) is 0 Å². The van der Waals surface area contributed by atoms with Gasteiger partial charge in [0.15, 0.2) is 0 Å². The van der Waals surface area contributed by atoms with Crippen LogP contribution in [0.3, 0.4) is 0 Å². The first-order valence-corrected chi connectivity index (χ1v) is 13.8. The first-order valence-electron chi connectivity index (χ1n) is 12.0. The number of carbonyl (C=O) groups is 2. The number of thiophene rings is 2. The van der Waals surface area contributed by atoms with Crippen LogP contribution in [0, 0.1) is 6.92 Å². The number of hydrogen-bond acceptors (Lipinski definition) is 5. The maximum Gasteiger partial charge on any atom is 0.236 e. The maximum atomic E-state index is 13.4. The molecule has 7 heteroatoms. The third-order valence-corrected chi connectivity index (χ3v) is 8.87. The van der Waals surface area contributed by atoms with Crippen molar-refractivity contribution in [3.63, 3.8) is 0 Å². The molecule has 34 heavy (non-hydrogen) atoms. The first-order chi connectivity index (χ1) is 16.6. The van der Waals surface area contributed by atoms with E-state index in [1.807, 2.05) is 38.6 Å². The highest BCUT2D eigenvalue weighted by Crippen LogP contribution is 2.38. The number of benzene rings is 1. The summed E-state index contributed by atoms with van der Waals surface area (Å²) in [6, 6.07) is 14.9. The molecular weight excluding hydrogens is 462 g/mol. The van der Waals surface area contributed by atoms with Gasteiger partial charge in [-0.1, -0.05) is 30.3 Å². The Balaban J connectivity index is 1.26. The second-order valence-corrected chi connectivity index (χ2v) is 11.2. The number of hydrogen-bond donors (Lipinski definition) is 0. The van der Waals surface area contributed by atoms with Crippen molar-refractivity contribution in [3.8, 4) is 0 Å². The van der Waals surface area contributed by atoms with Crippen LogP contribution in [0.25, 0.3) is 0 Å². The van der Waals surface area contributed by atoms with E-state index >= 15 is 0 Å². The van der Waals surface area contributed by atoms with Crippen molar-refractivity contribution in [1.29, 1.82) is 0 Å². The fourth-order valence-corrected chi connectivity index (χ4v) is 6.76. The summed E-state index contributed by atoms with van der Waals surface area (Å²) in [5.41, 5.74) is 3.90. The molecule has 5 nitrogen and oxygen atoms in total. The number of amides is 2. The SMILES string of the molecule is Cc1ccccc1[C@@H]1c2ccsc2CCN1CC(=O)N1CCCN(C(=O)Cc2cccs2)CC1. The van der Waals surface area contributed by atoms with Gasteiger partial charge in [-0.25, -0.2) is 0 Å². The standard InChI is InChI=1S/C27H31N3O2S2/c1-20-6-2-3-8-22(20)27-23-10-17-34-24(23)9-13-30(27)19-26(32)29-12-5-11-28(14-15-29)25(31)18-21-7-4-16-33-21/h2-4,6-8,10,16-17,27H,5,9,11-15,18-19H2,1H3/t27-/m1/s1. The zero-order valence-corrected chi connectivity index (χ0v) is 21.2. The van der Waals surface area contributed by atoms with Gasteiger partial charge in [-0.3, -0.25) is 14.5 Å². The topological polar surface area (TPSA) is 43.9 Å². The van der Waals surface area contributed by atoms with Crippen molar-refractivity contribution in [3.05, 3.63) is 79.7 Å². The molecule has 1 aromatic carbocycles. The van der Waals surface area contributed by atoms with Gasteiger partial charge < -0.3 is 9.80 Å². The van der Waals surface area contributed by atoms with Crippen LogP contribution < -0.4 is 0 Å². The molecule has 4 heterocycles. The average Bonchev–Trinajstić information content (AvgIpc) is 3.46. The lowest BCUT2D eigenvalue weighted by atomic mass is 9.90. The third-order valence-electron chi connectivity index (χ3n) is 6.99. The summed E-state index contributed by atoms with van der Waals surface area (Å²) < 4.78 is 0. The predicted octanol–water partition coefficient (Wildman–Crippen LogP) is 4.37. The molecule has 5 rings (SSSR count). The number of fused-ring (bicyclic) bond motifs is 1. The van der Waals surface area contributed by atoms with Gasteiger partial charge in [0.1, 0.15) is 0 Å². The molecule has 178 valence electrons. The summed E-state index contributed by atoms with van der Waals surface area (Å²) in [5.74, 6) is 0.335. The van der Waals surface area contributed by atoms with Crippen LogP contribution >= 0.6 is 22.7 Å². The molecule has 1 saturated heterocycles. The van der Waals surface area contributed by atoms with E-state index in [1.54, 1.807) is 11.3 Å². The number of nitrogens with zero attached hydrogens (tertiary/aromatic N) is 3. The van der Waals surface area contributed by atoms with Crippen molar-refractivity contribution < 1.29 is 9.59 Å². The Morgan fingerprint density at radius 2 is 1.65 bits per heavy atom. The van der Waals surface area contributed by atoms with Crippen LogP contribution in [-0.2, 0) is 22.4 Å². The average molecular weight is 494 g/mol. The Kier molecular flexibility index (Phi) is 7.13. The van der Waals surface area contributed by atoms with Crippen LogP contribution in [0.2, 0.25) is 0 Å². The highest BCUT2D eigenvalue weighted by molar-refractivity contribution is 7.10. The molecule has 2 aliphatic heterocycles. The van der Waals surface area contributed by atoms with Crippen molar-refractivity contribution in [2.24, 2.45) is 0 Å². The van der Waals surface area contributed by atoms with Crippen molar-refractivity contribution >= 4 is 34.5 Å². The maximum absolute atomic E-state index is 13.4. The Bertz CT molecular complexity index is 1140. The molecule has 0 unspecified atom stereocenters. The highest BCUT2D eigenvalue weighted by atomic mass is 32.1. The minimum Gasteiger partial charge on any atom is -0.341 e. The second-order valence-electron chi connectivity index (χ2n) is 9.15. The third kappa shape index (κ3) is 4.97. The van der Waals surface area contributed by atoms with Gasteiger partial charge in [-0.05, 0) is 59.3 Å². The molecule has 2 aromatic heterocycles. The molecule has 0 bridgehead atoms. The van der Waals surface area contributed by atoms with Crippen LogP contribution in [0.15, 0.2) is 53.2 Å². The molecule has 0 aliphatic carbocycles. The Hall–Kier alpha value is -2.48. The first kappa shape index (κ1) is 23.3. The lowest BCUT2D eigenvalue weighted by molar-refractivity contribution is -0.134. The largest absolute Gasteiger partial charge is 0.341 e. The van der Waals surface area contributed by atoms with Gasteiger partial charge in [0.05, 0.1) is 19.0 Å². The molecule has 2 aliphatic rings. The Morgan fingerprint density at radius 1 is 0.853 bits per heavy atom. The van der Waals surface area contributed by atoms with Gasteiger partial charge in [-0.15, -0.1) is 22.7 Å². The van der Waals surface area contributed by atoms with Gasteiger partial charge in [-0.2, -0.15) is 0 Å². The van der Waals surface area contributed by atoms with Gasteiger partial charge in [0, 0.05) is 42.5 Å². The quantitative estimate of drug-likeness (QED) is 0.530. The molecule has 2 amide bonds. The zero-order chi connectivity index (χ0) is 23.5. The van der Waals surface area contributed by atoms with Gasteiger partial charge in [0.25, 0.3) is 0 Å². The molecule has 0 saturated carbocycles. The van der Waals surface area contributed by atoms with E-state index in [1.165, 1.54) is 21.6 Å². The molecule has 0 spiro atoms. The fraction of sp³-hybridized carbons (Fsp3) is 0.407. The van der Waals surface area contributed by atoms with Crippen molar-refractivity contribution in [2.75, 3.05) is 39.3 Å². The summed E-state index contributed by atoms with van der Waals surface area (Å²) in [6.07, 6.45) is 2.28. The summed E-state index contributed by atoms with van der Waals surface area (Å²) >= 11 is 3.45. The number of aryl methyl sites for hydroxylation is 1. The summed E-state index contributed by atoms with van der Waals surface area (Å²) in [4.78, 5) is 35.0. The summed E-state index contributed by atoms with van der Waals surface area (Å²) in [6.45, 7) is 6.13. The monoisotopic (exact) mass is 493 g/mol. The molecule has 3 aromatic rings. The van der Waals surface area contributed by atoms with Crippen LogP contribution in [0.4, 0.5) is 0 Å².